The number of methoxy groups -OCH3 is 1. The number of benzene rings is 4. The lowest BCUT2D eigenvalue weighted by atomic mass is 9.84. The molecule has 0 aliphatic carbocycles. The third-order valence-corrected chi connectivity index (χ3v) is 10.5. The summed E-state index contributed by atoms with van der Waals surface area (Å²) in [5, 5.41) is 14.6. The van der Waals surface area contributed by atoms with Gasteiger partial charge in [-0.05, 0) is 95.6 Å². The number of carbonyl (C=O) groups is 5. The van der Waals surface area contributed by atoms with Crippen molar-refractivity contribution >= 4 is 62.5 Å². The fourth-order valence-electron chi connectivity index (χ4n) is 5.80. The number of carbonyl (C=O) groups excluding carboxylic acids is 4. The van der Waals surface area contributed by atoms with Gasteiger partial charge in [0.05, 0.1) is 18.4 Å². The number of ether oxygens (including phenoxy) is 1. The first kappa shape index (κ1) is 45.3. The predicted octanol–water partition coefficient (Wildman–Crippen LogP) is 5.36. The van der Waals surface area contributed by atoms with E-state index >= 15 is 0 Å². The number of Topliss-reactive ketones (excluding diaryl/α,β-unsaturated/α-hetero) is 1. The third-order valence-electron chi connectivity index (χ3n) is 8.94. The summed E-state index contributed by atoms with van der Waals surface area (Å²) < 4.78 is 28.2. The Bertz CT molecular complexity index is 2380. The molecule has 4 aromatic carbocycles. The molecule has 0 aliphatic heterocycles. The molecule has 308 valence electrons. The molecule has 0 radical (unpaired) electrons. The Balaban J connectivity index is 0.000000280. The summed E-state index contributed by atoms with van der Waals surface area (Å²) in [5.74, 6) is -3.51. The summed E-state index contributed by atoms with van der Waals surface area (Å²) in [5.41, 5.74) is 14.2. The number of carboxylic acid groups (broad SMARTS) is 1. The number of ketones is 1. The van der Waals surface area contributed by atoms with Crippen LogP contribution in [0.1, 0.15) is 43.9 Å². The van der Waals surface area contributed by atoms with E-state index in [9.17, 15) is 37.5 Å². The molecule has 7 N–H and O–H groups in total. The second kappa shape index (κ2) is 20.9. The highest BCUT2D eigenvalue weighted by atomic mass is 32.2. The van der Waals surface area contributed by atoms with E-state index in [4.69, 9.17) is 16.2 Å². The van der Waals surface area contributed by atoms with Crippen LogP contribution in [-0.4, -0.2) is 90.8 Å². The first-order valence-corrected chi connectivity index (χ1v) is 21.5. The maximum absolute atomic E-state index is 13.6. The number of sulfone groups is 1. The molecular weight excluding hydrogens is 795 g/mol. The number of amides is 2. The van der Waals surface area contributed by atoms with Crippen molar-refractivity contribution in [2.24, 2.45) is 5.73 Å². The smallest absolute Gasteiger partial charge is 0.334 e. The number of nitrogens with zero attached hydrogens (tertiary/aromatic N) is 1. The van der Waals surface area contributed by atoms with Gasteiger partial charge in [0.15, 0.2) is 11.3 Å². The first-order valence-electron chi connectivity index (χ1n) is 18.1. The Kier molecular flexibility index (Phi) is 16.0. The van der Waals surface area contributed by atoms with Crippen molar-refractivity contribution in [2.45, 2.75) is 24.4 Å². The monoisotopic (exact) mass is 839 g/mol. The molecule has 59 heavy (non-hydrogen) atoms. The lowest BCUT2D eigenvalue weighted by molar-refractivity contribution is -0.145. The van der Waals surface area contributed by atoms with Crippen molar-refractivity contribution in [3.63, 3.8) is 0 Å². The number of nitrogen functional groups attached to an aromatic ring is 1. The zero-order chi connectivity index (χ0) is 43.2. The lowest BCUT2D eigenvalue weighted by Gasteiger charge is -2.26. The van der Waals surface area contributed by atoms with Gasteiger partial charge in [-0.15, -0.1) is 0 Å². The molecule has 0 bridgehead atoms. The Morgan fingerprint density at radius 1 is 0.847 bits per heavy atom. The second-order valence-electron chi connectivity index (χ2n) is 13.3. The molecule has 16 heteroatoms. The van der Waals surface area contributed by atoms with Crippen molar-refractivity contribution in [2.75, 3.05) is 42.2 Å². The zero-order valence-electron chi connectivity index (χ0n) is 32.6. The largest absolute Gasteiger partial charge is 0.480 e. The number of anilines is 2. The number of thioether (sulfide) groups is 1. The van der Waals surface area contributed by atoms with Crippen molar-refractivity contribution in [3.05, 3.63) is 138 Å². The highest BCUT2D eigenvalue weighted by Crippen LogP contribution is 2.31. The third kappa shape index (κ3) is 12.6. The average Bonchev–Trinajstić information content (AvgIpc) is 3.24. The van der Waals surface area contributed by atoms with Crippen LogP contribution in [0, 0.1) is 0 Å². The lowest BCUT2D eigenvalue weighted by Crippen LogP contribution is -2.56. The van der Waals surface area contributed by atoms with E-state index in [1.165, 1.54) is 18.3 Å². The summed E-state index contributed by atoms with van der Waals surface area (Å²) >= 11 is 1.54. The van der Waals surface area contributed by atoms with E-state index in [0.717, 1.165) is 18.9 Å². The Morgan fingerprint density at radius 3 is 2.00 bits per heavy atom. The molecule has 2 amide bonds. The van der Waals surface area contributed by atoms with Gasteiger partial charge in [-0.25, -0.2) is 18.0 Å². The number of nitrogens with one attached hydrogen (secondary N) is 2. The van der Waals surface area contributed by atoms with Crippen molar-refractivity contribution < 1.29 is 42.2 Å². The standard InChI is InChI=1S/C25H25N3O6S.C18H20N2O3S/c1-34-24(31)25(26,12-14-35(2,32)33)22(29)20-11-10-19(15-21(20)17-7-4-3-5-8-17)28-23(30)18-9-6-13-27-16-18;1-24-10-9-16(18(22)23)20-17(21)14-8-7-13(19)11-15(14)12-5-3-2-4-6-12/h3-11,13,15-16H,12,14,26H2,1-2H3,(H,28,30);2-8,11,16H,9-10,19H2,1H3,(H,20,21)(H,22,23)/t;16-/m.0/s1. The van der Waals surface area contributed by atoms with Gasteiger partial charge >= 0.3 is 11.9 Å². The first-order chi connectivity index (χ1) is 28.1. The molecule has 14 nitrogen and oxygen atoms in total. The predicted molar refractivity (Wildman–Crippen MR) is 230 cm³/mol. The number of carboxylic acids is 1. The average molecular weight is 840 g/mol. The highest BCUT2D eigenvalue weighted by molar-refractivity contribution is 7.98. The molecule has 0 aliphatic rings. The maximum Gasteiger partial charge on any atom is 0.334 e. The molecule has 5 rings (SSSR count). The summed E-state index contributed by atoms with van der Waals surface area (Å²) in [6, 6.07) is 30.1. The number of esters is 1. The molecule has 2 atom stereocenters. The molecule has 1 unspecified atom stereocenters. The molecular formula is C43H45N5O9S2. The van der Waals surface area contributed by atoms with E-state index in [-0.39, 0.29) is 5.56 Å². The number of aromatic nitrogens is 1. The number of nitrogens with two attached hydrogens (primary N) is 2. The van der Waals surface area contributed by atoms with Crippen LogP contribution in [0.15, 0.2) is 122 Å². The number of rotatable bonds is 16. The van der Waals surface area contributed by atoms with Crippen LogP contribution in [0.2, 0.25) is 0 Å². The van der Waals surface area contributed by atoms with Crippen LogP contribution < -0.4 is 22.1 Å². The Labute approximate surface area is 346 Å². The minimum Gasteiger partial charge on any atom is -0.480 e. The quantitative estimate of drug-likeness (QED) is 0.0365. The van der Waals surface area contributed by atoms with Crippen LogP contribution in [0.5, 0.6) is 0 Å². The fraction of sp³-hybridized carbons (Fsp3) is 0.209. The summed E-state index contributed by atoms with van der Waals surface area (Å²) in [7, 11) is -2.44. The van der Waals surface area contributed by atoms with Gasteiger partial charge in [-0.2, -0.15) is 11.8 Å². The number of hydrogen-bond donors (Lipinski definition) is 5. The van der Waals surface area contributed by atoms with Gasteiger partial charge in [0.25, 0.3) is 11.8 Å². The second-order valence-corrected chi connectivity index (χ2v) is 16.6. The highest BCUT2D eigenvalue weighted by Gasteiger charge is 2.45. The fourth-order valence-corrected chi connectivity index (χ4v) is 6.96. The minimum absolute atomic E-state index is 0.0805. The topological polar surface area (TPSA) is 238 Å². The van der Waals surface area contributed by atoms with Crippen molar-refractivity contribution in [1.82, 2.24) is 10.3 Å². The molecule has 0 saturated carbocycles. The Morgan fingerprint density at radius 2 is 1.46 bits per heavy atom. The number of hydrogen-bond acceptors (Lipinski definition) is 12. The van der Waals surface area contributed by atoms with Crippen LogP contribution in [0.4, 0.5) is 11.4 Å². The van der Waals surface area contributed by atoms with Crippen LogP contribution in [0.3, 0.4) is 0 Å². The van der Waals surface area contributed by atoms with Gasteiger partial charge < -0.3 is 31.9 Å². The molecule has 0 saturated heterocycles. The van der Waals surface area contributed by atoms with Crippen LogP contribution in [-0.2, 0) is 24.2 Å². The van der Waals surface area contributed by atoms with Crippen molar-refractivity contribution in [1.29, 1.82) is 0 Å². The summed E-state index contributed by atoms with van der Waals surface area (Å²) in [6.07, 6.45) is 5.78. The minimum atomic E-state index is -3.52. The van der Waals surface area contributed by atoms with Gasteiger partial charge in [0.2, 0.25) is 0 Å². The Hall–Kier alpha value is -6.36. The summed E-state index contributed by atoms with van der Waals surface area (Å²) in [6.45, 7) is 0. The van der Waals surface area contributed by atoms with Crippen molar-refractivity contribution in [3.8, 4) is 22.3 Å². The molecule has 5 aromatic rings. The van der Waals surface area contributed by atoms with Crippen LogP contribution >= 0.6 is 11.8 Å². The van der Waals surface area contributed by atoms with E-state index in [2.05, 4.69) is 15.6 Å². The zero-order valence-corrected chi connectivity index (χ0v) is 34.2. The van der Waals surface area contributed by atoms with Gasteiger partial charge in [0, 0.05) is 41.2 Å². The SMILES string of the molecule is COC(=O)C(N)(CCS(C)(=O)=O)C(=O)c1ccc(NC(=O)c2cccnc2)cc1-c1ccccc1.CSCC[C@H](NC(=O)c1ccc(N)cc1-c1ccccc1)C(=O)O. The van der Waals surface area contributed by atoms with E-state index in [0.29, 0.717) is 51.4 Å². The van der Waals surface area contributed by atoms with Crippen LogP contribution in [0.25, 0.3) is 22.3 Å². The number of pyridine rings is 1. The number of aliphatic carboxylic acids is 1. The van der Waals surface area contributed by atoms with Gasteiger partial charge in [0.1, 0.15) is 15.9 Å². The maximum atomic E-state index is 13.6. The molecule has 1 aromatic heterocycles. The molecule has 1 heterocycles. The molecule has 0 fully saturated rings. The van der Waals surface area contributed by atoms with E-state index in [1.54, 1.807) is 84.7 Å². The molecule has 0 spiro atoms. The van der Waals surface area contributed by atoms with Gasteiger partial charge in [-0.3, -0.25) is 19.4 Å². The van der Waals surface area contributed by atoms with E-state index in [1.807, 2.05) is 36.6 Å². The van der Waals surface area contributed by atoms with E-state index < -0.39 is 63.1 Å². The summed E-state index contributed by atoms with van der Waals surface area (Å²) in [4.78, 5) is 66.6. The van der Waals surface area contributed by atoms with Gasteiger partial charge in [-0.1, -0.05) is 60.7 Å². The normalized spacial score (nSPS) is 12.4.